The van der Waals surface area contributed by atoms with E-state index in [1.54, 1.807) is 31.2 Å². The minimum atomic E-state index is -0.225. The highest BCUT2D eigenvalue weighted by molar-refractivity contribution is 6.03. The molecule has 7 nitrogen and oxygen atoms in total. The first-order valence-corrected chi connectivity index (χ1v) is 8.13. The van der Waals surface area contributed by atoms with Crippen molar-refractivity contribution in [2.24, 2.45) is 0 Å². The highest BCUT2D eigenvalue weighted by Crippen LogP contribution is 2.20. The molecule has 3 aromatic rings. The Hall–Kier alpha value is -2.67. The van der Waals surface area contributed by atoms with Crippen LogP contribution in [0, 0.1) is 6.92 Å². The predicted molar refractivity (Wildman–Crippen MR) is 90.1 cm³/mol. The first kappa shape index (κ1) is 14.9. The molecule has 2 aromatic heterocycles. The van der Waals surface area contributed by atoms with E-state index < -0.39 is 0 Å². The lowest BCUT2D eigenvalue weighted by molar-refractivity contribution is 0.102. The number of fused-ring (bicyclic) bond motifs is 1. The van der Waals surface area contributed by atoms with Gasteiger partial charge in [0.25, 0.3) is 5.91 Å². The van der Waals surface area contributed by atoms with Crippen molar-refractivity contribution < 1.29 is 9.21 Å². The molecule has 1 aliphatic rings. The fourth-order valence-corrected chi connectivity index (χ4v) is 3.04. The third-order valence-electron chi connectivity index (χ3n) is 4.24. The van der Waals surface area contributed by atoms with Gasteiger partial charge in [0.15, 0.2) is 17.2 Å². The molecule has 1 aliphatic heterocycles. The van der Waals surface area contributed by atoms with E-state index in [2.05, 4.69) is 20.7 Å². The van der Waals surface area contributed by atoms with Crippen LogP contribution in [0.4, 0.5) is 5.69 Å². The summed E-state index contributed by atoms with van der Waals surface area (Å²) in [5, 5.41) is 10.6. The standard InChI is InChI=1S/C17H19N5O2/c1-11-19-15-9-12(4-5-16(15)24-11)20-17(23)14-6-8-22(21-14)13-3-2-7-18-10-13/h4-6,8-9,13,18H,2-3,7,10H2,1H3,(H,20,23). The molecule has 1 unspecified atom stereocenters. The molecule has 0 spiro atoms. The van der Waals surface area contributed by atoms with Crippen molar-refractivity contribution in [3.8, 4) is 0 Å². The highest BCUT2D eigenvalue weighted by atomic mass is 16.3. The van der Waals surface area contributed by atoms with Crippen LogP contribution in [-0.4, -0.2) is 33.8 Å². The Bertz CT molecular complexity index is 876. The average Bonchev–Trinajstić information content (AvgIpc) is 3.21. The van der Waals surface area contributed by atoms with Crippen LogP contribution in [0.15, 0.2) is 34.9 Å². The van der Waals surface area contributed by atoms with E-state index >= 15 is 0 Å². The van der Waals surface area contributed by atoms with Gasteiger partial charge in [-0.2, -0.15) is 5.10 Å². The molecular formula is C17H19N5O2. The molecule has 1 aromatic carbocycles. The van der Waals surface area contributed by atoms with Crippen LogP contribution in [0.2, 0.25) is 0 Å². The summed E-state index contributed by atoms with van der Waals surface area (Å²) in [6.45, 7) is 3.74. The van der Waals surface area contributed by atoms with Crippen molar-refractivity contribution in [3.05, 3.63) is 42.0 Å². The number of carbonyl (C=O) groups is 1. The fourth-order valence-electron chi connectivity index (χ4n) is 3.04. The molecule has 0 saturated carbocycles. The molecule has 1 saturated heterocycles. The number of nitrogens with zero attached hydrogens (tertiary/aromatic N) is 3. The zero-order valence-corrected chi connectivity index (χ0v) is 13.5. The van der Waals surface area contributed by atoms with E-state index in [0.29, 0.717) is 28.9 Å². The van der Waals surface area contributed by atoms with Gasteiger partial charge in [0.05, 0.1) is 6.04 Å². The monoisotopic (exact) mass is 325 g/mol. The average molecular weight is 325 g/mol. The van der Waals surface area contributed by atoms with Gasteiger partial charge in [-0.3, -0.25) is 9.48 Å². The van der Waals surface area contributed by atoms with Crippen molar-refractivity contribution in [1.29, 1.82) is 0 Å². The Morgan fingerprint density at radius 2 is 2.33 bits per heavy atom. The SMILES string of the molecule is Cc1nc2cc(NC(=O)c3ccn(C4CCCNC4)n3)ccc2o1. The Labute approximate surface area is 139 Å². The van der Waals surface area contributed by atoms with Gasteiger partial charge in [0, 0.05) is 25.4 Å². The van der Waals surface area contributed by atoms with E-state index in [4.69, 9.17) is 4.42 Å². The number of benzene rings is 1. The first-order valence-electron chi connectivity index (χ1n) is 8.13. The maximum atomic E-state index is 12.4. The van der Waals surface area contributed by atoms with E-state index in [-0.39, 0.29) is 5.91 Å². The number of hydrogen-bond donors (Lipinski definition) is 2. The summed E-state index contributed by atoms with van der Waals surface area (Å²) < 4.78 is 7.32. The minimum absolute atomic E-state index is 0.225. The molecule has 1 amide bonds. The van der Waals surface area contributed by atoms with Gasteiger partial charge < -0.3 is 15.1 Å². The van der Waals surface area contributed by atoms with Crippen LogP contribution in [0.5, 0.6) is 0 Å². The molecule has 0 bridgehead atoms. The van der Waals surface area contributed by atoms with E-state index in [9.17, 15) is 4.79 Å². The molecule has 0 aliphatic carbocycles. The number of oxazole rings is 1. The van der Waals surface area contributed by atoms with Crippen molar-refractivity contribution >= 4 is 22.7 Å². The van der Waals surface area contributed by atoms with Crippen molar-refractivity contribution in [3.63, 3.8) is 0 Å². The summed E-state index contributed by atoms with van der Waals surface area (Å²) in [6, 6.07) is 7.47. The number of hydrogen-bond acceptors (Lipinski definition) is 5. The molecule has 2 N–H and O–H groups in total. The molecule has 3 heterocycles. The number of rotatable bonds is 3. The van der Waals surface area contributed by atoms with E-state index in [1.807, 2.05) is 10.9 Å². The number of carbonyl (C=O) groups excluding carboxylic acids is 1. The maximum absolute atomic E-state index is 12.4. The molecule has 24 heavy (non-hydrogen) atoms. The van der Waals surface area contributed by atoms with Crippen LogP contribution in [0.25, 0.3) is 11.1 Å². The summed E-state index contributed by atoms with van der Waals surface area (Å²) in [4.78, 5) is 16.7. The van der Waals surface area contributed by atoms with Gasteiger partial charge in [-0.05, 0) is 43.7 Å². The zero-order chi connectivity index (χ0) is 16.5. The Morgan fingerprint density at radius 1 is 1.42 bits per heavy atom. The maximum Gasteiger partial charge on any atom is 0.276 e. The van der Waals surface area contributed by atoms with Crippen molar-refractivity contribution in [2.75, 3.05) is 18.4 Å². The second kappa shape index (κ2) is 6.09. The molecule has 1 fully saturated rings. The number of amides is 1. The van der Waals surface area contributed by atoms with Crippen LogP contribution < -0.4 is 10.6 Å². The highest BCUT2D eigenvalue weighted by Gasteiger charge is 2.18. The Balaban J connectivity index is 1.49. The van der Waals surface area contributed by atoms with Crippen LogP contribution in [-0.2, 0) is 0 Å². The number of nitrogens with one attached hydrogen (secondary N) is 2. The smallest absolute Gasteiger partial charge is 0.276 e. The van der Waals surface area contributed by atoms with E-state index in [0.717, 1.165) is 31.4 Å². The molecule has 7 heteroatoms. The van der Waals surface area contributed by atoms with Gasteiger partial charge in [0.2, 0.25) is 0 Å². The summed E-state index contributed by atoms with van der Waals surface area (Å²) in [7, 11) is 0. The number of piperidine rings is 1. The van der Waals surface area contributed by atoms with Gasteiger partial charge in [0.1, 0.15) is 5.52 Å². The summed E-state index contributed by atoms with van der Waals surface area (Å²) in [5.41, 5.74) is 2.52. The van der Waals surface area contributed by atoms with Gasteiger partial charge in [-0.1, -0.05) is 0 Å². The lowest BCUT2D eigenvalue weighted by Gasteiger charge is -2.22. The number of aromatic nitrogens is 3. The largest absolute Gasteiger partial charge is 0.441 e. The number of aryl methyl sites for hydroxylation is 1. The Kier molecular flexibility index (Phi) is 3.78. The lowest BCUT2D eigenvalue weighted by atomic mass is 10.1. The second-order valence-electron chi connectivity index (χ2n) is 6.05. The lowest BCUT2D eigenvalue weighted by Crippen LogP contribution is -2.32. The molecule has 4 rings (SSSR count). The first-order chi connectivity index (χ1) is 11.7. The minimum Gasteiger partial charge on any atom is -0.441 e. The van der Waals surface area contributed by atoms with E-state index in [1.165, 1.54) is 0 Å². The fraction of sp³-hybridized carbons (Fsp3) is 0.353. The second-order valence-corrected chi connectivity index (χ2v) is 6.05. The van der Waals surface area contributed by atoms with Gasteiger partial charge in [-0.25, -0.2) is 4.98 Å². The van der Waals surface area contributed by atoms with Crippen molar-refractivity contribution in [2.45, 2.75) is 25.8 Å². The van der Waals surface area contributed by atoms with Crippen LogP contribution >= 0.6 is 0 Å². The third kappa shape index (κ3) is 2.90. The summed E-state index contributed by atoms with van der Waals surface area (Å²) >= 11 is 0. The Morgan fingerprint density at radius 3 is 3.17 bits per heavy atom. The van der Waals surface area contributed by atoms with Crippen LogP contribution in [0.1, 0.15) is 35.3 Å². The molecule has 0 radical (unpaired) electrons. The quantitative estimate of drug-likeness (QED) is 0.773. The normalized spacial score (nSPS) is 18.0. The number of anilines is 1. The molecule has 124 valence electrons. The molecule has 1 atom stereocenters. The van der Waals surface area contributed by atoms with Crippen molar-refractivity contribution in [1.82, 2.24) is 20.1 Å². The summed E-state index contributed by atoms with van der Waals surface area (Å²) in [5.74, 6) is 0.380. The van der Waals surface area contributed by atoms with Crippen LogP contribution in [0.3, 0.4) is 0 Å². The van der Waals surface area contributed by atoms with Gasteiger partial charge >= 0.3 is 0 Å². The zero-order valence-electron chi connectivity index (χ0n) is 13.5. The van der Waals surface area contributed by atoms with Gasteiger partial charge in [-0.15, -0.1) is 0 Å². The molecular weight excluding hydrogens is 306 g/mol. The summed E-state index contributed by atoms with van der Waals surface area (Å²) in [6.07, 6.45) is 4.08. The topological polar surface area (TPSA) is 85.0 Å². The third-order valence-corrected chi connectivity index (χ3v) is 4.24. The predicted octanol–water partition coefficient (Wildman–Crippen LogP) is 2.51.